The quantitative estimate of drug-likeness (QED) is 0.848. The molecule has 3 rings (SSSR count). The summed E-state index contributed by atoms with van der Waals surface area (Å²) in [4.78, 5) is 14.4. The lowest BCUT2D eigenvalue weighted by atomic mass is 10.0. The van der Waals surface area contributed by atoms with Gasteiger partial charge >= 0.3 is 0 Å². The molecule has 0 aromatic carbocycles. The van der Waals surface area contributed by atoms with Crippen molar-refractivity contribution < 1.29 is 17.6 Å². The van der Waals surface area contributed by atoms with Gasteiger partial charge in [0.1, 0.15) is 10.7 Å². The van der Waals surface area contributed by atoms with Crippen LogP contribution < -0.4 is 5.32 Å². The summed E-state index contributed by atoms with van der Waals surface area (Å²) in [6.45, 7) is 4.84. The summed E-state index contributed by atoms with van der Waals surface area (Å²) in [6, 6.07) is 1.35. The molecule has 3 heterocycles. The Morgan fingerprint density at radius 3 is 2.39 bits per heavy atom. The zero-order chi connectivity index (χ0) is 16.1. The third kappa shape index (κ3) is 3.13. The zero-order valence-electron chi connectivity index (χ0n) is 13.4. The van der Waals surface area contributed by atoms with E-state index in [1.165, 1.54) is 20.2 Å². The molecular formula is C14H22ClN3O4S. The molecule has 130 valence electrons. The van der Waals surface area contributed by atoms with Crippen LogP contribution in [-0.4, -0.2) is 63.8 Å². The molecule has 2 aliphatic heterocycles. The van der Waals surface area contributed by atoms with Crippen molar-refractivity contribution in [1.82, 2.24) is 14.5 Å². The Kier molecular flexibility index (Phi) is 5.10. The van der Waals surface area contributed by atoms with Crippen LogP contribution in [0.3, 0.4) is 0 Å². The summed E-state index contributed by atoms with van der Waals surface area (Å²) in [5.74, 6) is 1.11. The van der Waals surface area contributed by atoms with Crippen LogP contribution in [0.5, 0.6) is 0 Å². The van der Waals surface area contributed by atoms with Gasteiger partial charge in [-0.1, -0.05) is 0 Å². The molecule has 1 N–H and O–H groups in total. The van der Waals surface area contributed by atoms with E-state index in [-0.39, 0.29) is 34.7 Å². The molecule has 2 aliphatic rings. The largest absolute Gasteiger partial charge is 0.455 e. The molecule has 1 aromatic rings. The lowest BCUT2D eigenvalue weighted by Crippen LogP contribution is -2.31. The van der Waals surface area contributed by atoms with Crippen LogP contribution in [0.2, 0.25) is 0 Å². The van der Waals surface area contributed by atoms with Crippen LogP contribution in [0.4, 0.5) is 0 Å². The monoisotopic (exact) mass is 363 g/mol. The van der Waals surface area contributed by atoms with Crippen LogP contribution in [0.15, 0.2) is 15.4 Å². The second kappa shape index (κ2) is 6.43. The van der Waals surface area contributed by atoms with E-state index < -0.39 is 10.0 Å². The molecule has 0 saturated carbocycles. The number of furan rings is 1. The highest BCUT2D eigenvalue weighted by molar-refractivity contribution is 7.89. The molecule has 0 bridgehead atoms. The number of nitrogens with one attached hydrogen (secondary N) is 1. The minimum absolute atomic E-state index is 0. The number of amides is 1. The first-order valence-electron chi connectivity index (χ1n) is 7.33. The van der Waals surface area contributed by atoms with Crippen LogP contribution in [0.1, 0.15) is 16.3 Å². The number of carbonyl (C=O) groups excluding carboxylic acids is 1. The summed E-state index contributed by atoms with van der Waals surface area (Å²) in [5, 5.41) is 3.32. The van der Waals surface area contributed by atoms with Crippen LogP contribution >= 0.6 is 12.4 Å². The normalized spacial score (nSPS) is 23.9. The van der Waals surface area contributed by atoms with Crippen molar-refractivity contribution in [3.05, 3.63) is 17.6 Å². The van der Waals surface area contributed by atoms with Gasteiger partial charge in [0, 0.05) is 46.3 Å². The standard InChI is InChI=1S/C14H21N3O4S.ClH/c1-9-13(22(19,20)16(2)3)4-12(21-9)14(18)17-7-10-5-15-6-11(10)8-17;/h4,10-11,15H,5-8H2,1-3H3;1H/t10-,11+;. The van der Waals surface area contributed by atoms with Crippen molar-refractivity contribution in [2.24, 2.45) is 11.8 Å². The molecule has 23 heavy (non-hydrogen) atoms. The Morgan fingerprint density at radius 1 is 1.30 bits per heavy atom. The number of aryl methyl sites for hydroxylation is 1. The highest BCUT2D eigenvalue weighted by Gasteiger charge is 2.39. The summed E-state index contributed by atoms with van der Waals surface area (Å²) in [7, 11) is -0.687. The molecular weight excluding hydrogens is 342 g/mol. The van der Waals surface area contributed by atoms with Gasteiger partial charge in [0.05, 0.1) is 0 Å². The first-order chi connectivity index (χ1) is 10.3. The molecule has 1 aromatic heterocycles. The number of fused-ring (bicyclic) bond motifs is 1. The van der Waals surface area contributed by atoms with Gasteiger partial charge in [-0.25, -0.2) is 12.7 Å². The first kappa shape index (κ1) is 18.3. The van der Waals surface area contributed by atoms with Crippen molar-refractivity contribution in [2.75, 3.05) is 40.3 Å². The van der Waals surface area contributed by atoms with Gasteiger partial charge in [-0.2, -0.15) is 0 Å². The van der Waals surface area contributed by atoms with Crippen molar-refractivity contribution in [3.8, 4) is 0 Å². The number of likely N-dealkylation sites (tertiary alicyclic amines) is 1. The average molecular weight is 364 g/mol. The van der Waals surface area contributed by atoms with Crippen molar-refractivity contribution in [1.29, 1.82) is 0 Å². The fourth-order valence-corrected chi connectivity index (χ4v) is 4.25. The Hall–Kier alpha value is -1.09. The molecule has 0 aliphatic carbocycles. The van der Waals surface area contributed by atoms with E-state index in [1.54, 1.807) is 11.8 Å². The Morgan fingerprint density at radius 2 is 1.87 bits per heavy atom. The second-order valence-electron chi connectivity index (χ2n) is 6.21. The van der Waals surface area contributed by atoms with E-state index >= 15 is 0 Å². The number of hydrogen-bond donors (Lipinski definition) is 1. The summed E-state index contributed by atoms with van der Waals surface area (Å²) in [6.07, 6.45) is 0. The van der Waals surface area contributed by atoms with E-state index in [0.717, 1.165) is 17.4 Å². The first-order valence-corrected chi connectivity index (χ1v) is 8.77. The summed E-state index contributed by atoms with van der Waals surface area (Å²) < 4.78 is 31.0. The van der Waals surface area contributed by atoms with Gasteiger partial charge in [0.25, 0.3) is 5.91 Å². The van der Waals surface area contributed by atoms with Gasteiger partial charge in [-0.15, -0.1) is 12.4 Å². The maximum Gasteiger partial charge on any atom is 0.289 e. The SMILES string of the molecule is Cc1oc(C(=O)N2C[C@H]3CNC[C@H]3C2)cc1S(=O)(=O)N(C)C.Cl. The fraction of sp³-hybridized carbons (Fsp3) is 0.643. The molecule has 7 nitrogen and oxygen atoms in total. The van der Waals surface area contributed by atoms with Crippen molar-refractivity contribution in [3.63, 3.8) is 0 Å². The summed E-state index contributed by atoms with van der Waals surface area (Å²) >= 11 is 0. The third-order valence-corrected chi connectivity index (χ3v) is 6.44. The number of rotatable bonds is 3. The fourth-order valence-electron chi connectivity index (χ4n) is 3.20. The smallest absolute Gasteiger partial charge is 0.289 e. The van der Waals surface area contributed by atoms with Gasteiger partial charge in [0.2, 0.25) is 10.0 Å². The second-order valence-corrected chi connectivity index (χ2v) is 8.33. The molecule has 0 spiro atoms. The van der Waals surface area contributed by atoms with Crippen LogP contribution in [-0.2, 0) is 10.0 Å². The maximum atomic E-state index is 12.5. The molecule has 0 radical (unpaired) electrons. The molecule has 2 fully saturated rings. The molecule has 9 heteroatoms. The lowest BCUT2D eigenvalue weighted by molar-refractivity contribution is 0.0748. The zero-order valence-corrected chi connectivity index (χ0v) is 15.0. The minimum Gasteiger partial charge on any atom is -0.455 e. The molecule has 2 saturated heterocycles. The van der Waals surface area contributed by atoms with Gasteiger partial charge in [-0.3, -0.25) is 4.79 Å². The number of nitrogens with zero attached hydrogens (tertiary/aromatic N) is 2. The summed E-state index contributed by atoms with van der Waals surface area (Å²) in [5.41, 5.74) is 0. The Labute approximate surface area is 142 Å². The number of sulfonamides is 1. The molecule has 2 atom stereocenters. The Bertz CT molecular complexity index is 689. The van der Waals surface area contributed by atoms with E-state index in [9.17, 15) is 13.2 Å². The average Bonchev–Trinajstić information content (AvgIpc) is 3.10. The number of carbonyl (C=O) groups is 1. The van der Waals surface area contributed by atoms with Crippen LogP contribution in [0.25, 0.3) is 0 Å². The minimum atomic E-state index is -3.60. The Balaban J connectivity index is 0.00000192. The van der Waals surface area contributed by atoms with Gasteiger partial charge in [0.15, 0.2) is 5.76 Å². The van der Waals surface area contributed by atoms with E-state index in [2.05, 4.69) is 5.32 Å². The van der Waals surface area contributed by atoms with Crippen molar-refractivity contribution >= 4 is 28.3 Å². The van der Waals surface area contributed by atoms with E-state index in [4.69, 9.17) is 4.42 Å². The predicted molar refractivity (Wildman–Crippen MR) is 87.3 cm³/mol. The topological polar surface area (TPSA) is 82.9 Å². The number of hydrogen-bond acceptors (Lipinski definition) is 5. The van der Waals surface area contributed by atoms with Gasteiger partial charge < -0.3 is 14.6 Å². The van der Waals surface area contributed by atoms with E-state index in [0.29, 0.717) is 24.9 Å². The lowest BCUT2D eigenvalue weighted by Gasteiger charge is -2.15. The van der Waals surface area contributed by atoms with Crippen molar-refractivity contribution in [2.45, 2.75) is 11.8 Å². The predicted octanol–water partition coefficient (Wildman–Crippen LogP) is 0.552. The highest BCUT2D eigenvalue weighted by atomic mass is 35.5. The van der Waals surface area contributed by atoms with Gasteiger partial charge in [-0.05, 0) is 18.8 Å². The molecule has 1 amide bonds. The maximum absolute atomic E-state index is 12.5. The number of halogens is 1. The molecule has 0 unspecified atom stereocenters. The highest BCUT2D eigenvalue weighted by Crippen LogP contribution is 2.29. The van der Waals surface area contributed by atoms with E-state index in [1.807, 2.05) is 0 Å². The van der Waals surface area contributed by atoms with Crippen LogP contribution in [0, 0.1) is 18.8 Å². The third-order valence-electron chi connectivity index (χ3n) is 4.52.